The van der Waals surface area contributed by atoms with Crippen LogP contribution >= 0.6 is 11.6 Å². The Morgan fingerprint density at radius 3 is 2.40 bits per heavy atom. The number of likely N-dealkylation sites (N-methyl/N-ethyl adjacent to an activating group) is 1. The van der Waals surface area contributed by atoms with Gasteiger partial charge in [-0.25, -0.2) is 9.97 Å². The zero-order chi connectivity index (χ0) is 21.7. The average molecular weight is 424 g/mol. The third-order valence-corrected chi connectivity index (χ3v) is 5.13. The second-order valence-corrected chi connectivity index (χ2v) is 7.32. The summed E-state index contributed by atoms with van der Waals surface area (Å²) in [6.45, 7) is 0.441. The van der Waals surface area contributed by atoms with Crippen LogP contribution in [0.3, 0.4) is 0 Å². The highest BCUT2D eigenvalue weighted by Gasteiger charge is 2.28. The van der Waals surface area contributed by atoms with Gasteiger partial charge < -0.3 is 15.0 Å². The molecule has 0 saturated heterocycles. The number of nitrogens with one attached hydrogen (secondary N) is 1. The molecule has 154 valence electrons. The Hall–Kier alpha value is -3.21. The summed E-state index contributed by atoms with van der Waals surface area (Å²) in [7, 11) is 5.15. The van der Waals surface area contributed by atoms with E-state index in [1.807, 2.05) is 67.5 Å². The van der Waals surface area contributed by atoms with E-state index in [0.717, 1.165) is 5.56 Å². The first-order valence-corrected chi connectivity index (χ1v) is 9.73. The predicted octanol–water partition coefficient (Wildman–Crippen LogP) is 3.78. The first-order valence-electron chi connectivity index (χ1n) is 9.35. The van der Waals surface area contributed by atoms with Gasteiger partial charge in [0.25, 0.3) is 0 Å². The number of para-hydroxylation sites is 2. The maximum atomic E-state index is 12.2. The number of fused-ring (bicyclic) bond motifs is 1. The molecule has 0 unspecified atom stereocenters. The van der Waals surface area contributed by atoms with Gasteiger partial charge in [-0.15, -0.1) is 0 Å². The van der Waals surface area contributed by atoms with E-state index < -0.39 is 11.9 Å². The highest BCUT2D eigenvalue weighted by molar-refractivity contribution is 6.31. The van der Waals surface area contributed by atoms with Crippen LogP contribution in [-0.2, 0) is 9.53 Å². The lowest BCUT2D eigenvalue weighted by atomic mass is 10.0. The van der Waals surface area contributed by atoms with E-state index in [2.05, 4.69) is 15.3 Å². The number of esters is 1. The Kier molecular flexibility index (Phi) is 6.83. The van der Waals surface area contributed by atoms with Gasteiger partial charge in [0.15, 0.2) is 11.7 Å². The molecule has 1 N–H and O–H groups in total. The summed E-state index contributed by atoms with van der Waals surface area (Å²) in [6, 6.07) is 16.8. The highest BCUT2D eigenvalue weighted by atomic mass is 35.5. The number of aromatic nitrogens is 2. The Labute approximate surface area is 180 Å². The van der Waals surface area contributed by atoms with Crippen LogP contribution in [0.5, 0.6) is 0 Å². The van der Waals surface area contributed by atoms with E-state index in [1.54, 1.807) is 6.07 Å². The largest absolute Gasteiger partial charge is 0.468 e. The maximum Gasteiger partial charge on any atom is 0.329 e. The molecule has 7 nitrogen and oxygen atoms in total. The number of nitrogens with zero attached hydrogens (tertiary/aromatic N) is 4. The summed E-state index contributed by atoms with van der Waals surface area (Å²) in [4.78, 5) is 23.4. The molecular weight excluding hydrogens is 402 g/mol. The van der Waals surface area contributed by atoms with E-state index in [1.165, 1.54) is 7.11 Å². The van der Waals surface area contributed by atoms with Crippen LogP contribution in [-0.4, -0.2) is 48.6 Å². The number of ether oxygens (including phenoxy) is 1. The van der Waals surface area contributed by atoms with Gasteiger partial charge >= 0.3 is 5.97 Å². The fraction of sp³-hybridized carbons (Fsp3) is 0.273. The van der Waals surface area contributed by atoms with Gasteiger partial charge in [0.2, 0.25) is 0 Å². The molecule has 0 bridgehead atoms. The van der Waals surface area contributed by atoms with Gasteiger partial charge in [0, 0.05) is 11.6 Å². The second kappa shape index (κ2) is 9.53. The Balaban J connectivity index is 2.01. The lowest BCUT2D eigenvalue weighted by molar-refractivity contribution is -0.141. The fourth-order valence-corrected chi connectivity index (χ4v) is 3.46. The minimum atomic E-state index is -1.19. The topological polar surface area (TPSA) is 91.1 Å². The number of rotatable bonds is 7. The molecule has 0 aliphatic heterocycles. The molecule has 1 aromatic heterocycles. The Bertz CT molecular complexity index is 1100. The van der Waals surface area contributed by atoms with Crippen molar-refractivity contribution in [2.75, 3.05) is 33.1 Å². The summed E-state index contributed by atoms with van der Waals surface area (Å²) in [6.07, 6.45) is 0. The zero-order valence-electron chi connectivity index (χ0n) is 17.0. The lowest BCUT2D eigenvalue weighted by Gasteiger charge is -2.26. The average Bonchev–Trinajstić information content (AvgIpc) is 2.75. The summed E-state index contributed by atoms with van der Waals surface area (Å²) in [5.74, 6) is -1.50. The van der Waals surface area contributed by atoms with Gasteiger partial charge in [-0.3, -0.25) is 4.79 Å². The molecule has 0 fully saturated rings. The zero-order valence-corrected chi connectivity index (χ0v) is 17.7. The summed E-state index contributed by atoms with van der Waals surface area (Å²) in [5.41, 5.74) is 2.44. The van der Waals surface area contributed by atoms with Gasteiger partial charge in [-0.05, 0) is 37.9 Å². The molecule has 8 heteroatoms. The third-order valence-electron chi connectivity index (χ3n) is 4.79. The van der Waals surface area contributed by atoms with Crippen LogP contribution in [0, 0.1) is 11.3 Å². The van der Waals surface area contributed by atoms with Crippen molar-refractivity contribution < 1.29 is 9.53 Å². The molecule has 0 spiro atoms. The van der Waals surface area contributed by atoms with E-state index in [-0.39, 0.29) is 11.7 Å². The summed E-state index contributed by atoms with van der Waals surface area (Å²) >= 11 is 6.40. The molecule has 0 radical (unpaired) electrons. The lowest BCUT2D eigenvalue weighted by Crippen LogP contribution is -2.28. The molecule has 0 aliphatic carbocycles. The predicted molar refractivity (Wildman–Crippen MR) is 116 cm³/mol. The van der Waals surface area contributed by atoms with E-state index in [4.69, 9.17) is 16.3 Å². The van der Waals surface area contributed by atoms with Crippen LogP contribution < -0.4 is 5.32 Å². The molecular formula is C22H22ClN5O2. The maximum absolute atomic E-state index is 12.2. The SMILES string of the molecule is COC(=O)[C@@H](C#N)c1nc2ccccc2nc1NC[C@H](c1ccccc1Cl)N(C)C. The molecule has 30 heavy (non-hydrogen) atoms. The molecule has 0 aliphatic rings. The van der Waals surface area contributed by atoms with Crippen molar-refractivity contribution in [3.8, 4) is 6.07 Å². The first kappa shape index (κ1) is 21.5. The molecule has 3 rings (SSSR count). The molecule has 1 heterocycles. The van der Waals surface area contributed by atoms with Gasteiger partial charge in [-0.1, -0.05) is 41.9 Å². The van der Waals surface area contributed by atoms with Crippen molar-refractivity contribution >= 4 is 34.4 Å². The molecule has 0 amide bonds. The fourth-order valence-electron chi connectivity index (χ4n) is 3.20. The van der Waals surface area contributed by atoms with E-state index >= 15 is 0 Å². The quantitative estimate of drug-likeness (QED) is 0.578. The van der Waals surface area contributed by atoms with Crippen molar-refractivity contribution in [3.63, 3.8) is 0 Å². The third kappa shape index (κ3) is 4.51. The highest BCUT2D eigenvalue weighted by Crippen LogP contribution is 2.29. The van der Waals surface area contributed by atoms with Gasteiger partial charge in [0.05, 0.1) is 30.3 Å². The second-order valence-electron chi connectivity index (χ2n) is 6.91. The number of carbonyl (C=O) groups is 1. The number of hydrogen-bond acceptors (Lipinski definition) is 7. The van der Waals surface area contributed by atoms with E-state index in [9.17, 15) is 10.1 Å². The smallest absolute Gasteiger partial charge is 0.329 e. The number of carbonyl (C=O) groups excluding carboxylic acids is 1. The normalized spacial score (nSPS) is 12.9. The standard InChI is InChI=1S/C22H22ClN5O2/c1-28(2)19(14-8-4-5-9-16(14)23)13-25-21-20(15(12-24)22(29)30-3)26-17-10-6-7-11-18(17)27-21/h4-11,15,19H,13H2,1-3H3,(H,25,27)/t15-,19+/m0/s1. The van der Waals surface area contributed by atoms with Crippen molar-refractivity contribution in [2.45, 2.75) is 12.0 Å². The van der Waals surface area contributed by atoms with E-state index in [0.29, 0.717) is 28.4 Å². The number of methoxy groups -OCH3 is 1. The van der Waals surface area contributed by atoms with Crippen LogP contribution in [0.4, 0.5) is 5.82 Å². The number of hydrogen-bond donors (Lipinski definition) is 1. The molecule has 2 atom stereocenters. The number of anilines is 1. The summed E-state index contributed by atoms with van der Waals surface area (Å²) < 4.78 is 4.79. The minimum Gasteiger partial charge on any atom is -0.468 e. The van der Waals surface area contributed by atoms with Crippen LogP contribution in [0.2, 0.25) is 5.02 Å². The Morgan fingerprint density at radius 2 is 1.80 bits per heavy atom. The van der Waals surface area contributed by atoms with Gasteiger partial charge in [0.1, 0.15) is 5.69 Å². The van der Waals surface area contributed by atoms with Gasteiger partial charge in [-0.2, -0.15) is 5.26 Å². The molecule has 2 aromatic carbocycles. The first-order chi connectivity index (χ1) is 14.5. The monoisotopic (exact) mass is 423 g/mol. The number of nitriles is 1. The number of halogens is 1. The summed E-state index contributed by atoms with van der Waals surface area (Å²) in [5, 5.41) is 13.5. The minimum absolute atomic E-state index is 0.0708. The van der Waals surface area contributed by atoms with Crippen LogP contribution in [0.15, 0.2) is 48.5 Å². The van der Waals surface area contributed by atoms with Crippen LogP contribution in [0.25, 0.3) is 11.0 Å². The van der Waals surface area contributed by atoms with Crippen LogP contribution in [0.1, 0.15) is 23.2 Å². The Morgan fingerprint density at radius 1 is 1.17 bits per heavy atom. The van der Waals surface area contributed by atoms with Crippen molar-refractivity contribution in [1.29, 1.82) is 5.26 Å². The van der Waals surface area contributed by atoms with Crippen molar-refractivity contribution in [3.05, 3.63) is 64.8 Å². The van der Waals surface area contributed by atoms with Crippen molar-refractivity contribution in [2.24, 2.45) is 0 Å². The number of benzene rings is 2. The molecule has 0 saturated carbocycles. The molecule has 3 aromatic rings. The van der Waals surface area contributed by atoms with Crippen molar-refractivity contribution in [1.82, 2.24) is 14.9 Å².